The largest absolute Gasteiger partial charge is 0.352 e. The number of piperidine rings is 1. The summed E-state index contributed by atoms with van der Waals surface area (Å²) >= 11 is 5.66. The molecule has 9 heteroatoms. The number of hydrogen-bond donors (Lipinski definition) is 2. The van der Waals surface area contributed by atoms with Gasteiger partial charge in [-0.15, -0.1) is 0 Å². The highest BCUT2D eigenvalue weighted by Crippen LogP contribution is 2.22. The molecule has 30 heavy (non-hydrogen) atoms. The molecule has 2 N–H and O–H groups in total. The number of hydrogen-bond acceptors (Lipinski definition) is 4. The van der Waals surface area contributed by atoms with Gasteiger partial charge in [0.2, 0.25) is 0 Å². The van der Waals surface area contributed by atoms with Gasteiger partial charge in [-0.1, -0.05) is 18.0 Å². The Morgan fingerprint density at radius 2 is 1.77 bits per heavy atom. The van der Waals surface area contributed by atoms with Crippen molar-refractivity contribution in [2.75, 3.05) is 30.9 Å². The summed E-state index contributed by atoms with van der Waals surface area (Å²) in [5, 5.41) is 2.62. The minimum atomic E-state index is -3.92. The zero-order valence-electron chi connectivity index (χ0n) is 16.5. The molecule has 0 atom stereocenters. The summed E-state index contributed by atoms with van der Waals surface area (Å²) in [5.74, 6) is -0.893. The summed E-state index contributed by atoms with van der Waals surface area (Å²) in [5.41, 5.74) is 0.734. The molecule has 1 fully saturated rings. The van der Waals surface area contributed by atoms with E-state index >= 15 is 0 Å². The second-order valence-corrected chi connectivity index (χ2v) is 9.36. The maximum absolute atomic E-state index is 13.3. The first-order chi connectivity index (χ1) is 14.3. The lowest BCUT2D eigenvalue weighted by Gasteiger charge is -2.26. The highest BCUT2D eigenvalue weighted by atomic mass is 35.5. The van der Waals surface area contributed by atoms with Gasteiger partial charge in [0.05, 0.1) is 9.92 Å². The molecule has 0 saturated carbocycles. The van der Waals surface area contributed by atoms with E-state index in [1.807, 2.05) is 0 Å². The summed E-state index contributed by atoms with van der Waals surface area (Å²) in [6.07, 6.45) is 4.69. The van der Waals surface area contributed by atoms with Crippen molar-refractivity contribution in [1.29, 1.82) is 0 Å². The third-order valence-corrected chi connectivity index (χ3v) is 6.65. The number of anilines is 1. The zero-order valence-corrected chi connectivity index (χ0v) is 18.1. The van der Waals surface area contributed by atoms with E-state index in [1.54, 1.807) is 12.1 Å². The van der Waals surface area contributed by atoms with Crippen LogP contribution in [-0.2, 0) is 10.0 Å². The lowest BCUT2D eigenvalue weighted by Crippen LogP contribution is -2.33. The second-order valence-electron chi connectivity index (χ2n) is 7.27. The monoisotopic (exact) mass is 453 g/mol. The number of nitrogens with zero attached hydrogens (tertiary/aromatic N) is 1. The van der Waals surface area contributed by atoms with E-state index in [9.17, 15) is 17.6 Å². The lowest BCUT2D eigenvalue weighted by molar-refractivity contribution is 0.0951. The Kier molecular flexibility index (Phi) is 7.69. The number of benzene rings is 2. The zero-order chi connectivity index (χ0) is 21.6. The predicted molar refractivity (Wildman–Crippen MR) is 116 cm³/mol. The van der Waals surface area contributed by atoms with Crippen LogP contribution in [0.5, 0.6) is 0 Å². The third-order valence-electron chi connectivity index (χ3n) is 4.99. The highest BCUT2D eigenvalue weighted by molar-refractivity contribution is 7.92. The van der Waals surface area contributed by atoms with E-state index in [0.717, 1.165) is 44.3 Å². The summed E-state index contributed by atoms with van der Waals surface area (Å²) in [7, 11) is -3.92. The van der Waals surface area contributed by atoms with Crippen LogP contribution in [-0.4, -0.2) is 45.4 Å². The molecule has 0 bridgehead atoms. The van der Waals surface area contributed by atoms with Gasteiger partial charge in [0.25, 0.3) is 15.9 Å². The summed E-state index contributed by atoms with van der Waals surface area (Å²) < 4.78 is 40.5. The van der Waals surface area contributed by atoms with E-state index in [0.29, 0.717) is 12.1 Å². The molecule has 0 aliphatic carbocycles. The van der Waals surface area contributed by atoms with Crippen LogP contribution in [0.3, 0.4) is 0 Å². The van der Waals surface area contributed by atoms with Gasteiger partial charge in [0.15, 0.2) is 0 Å². The molecular weight excluding hydrogens is 429 g/mol. The van der Waals surface area contributed by atoms with Crippen LogP contribution in [0.4, 0.5) is 10.1 Å². The van der Waals surface area contributed by atoms with Crippen molar-refractivity contribution in [1.82, 2.24) is 10.2 Å². The molecule has 1 heterocycles. The predicted octanol–water partition coefficient (Wildman–Crippen LogP) is 3.89. The molecule has 0 spiro atoms. The van der Waals surface area contributed by atoms with Crippen molar-refractivity contribution in [2.24, 2.45) is 0 Å². The van der Waals surface area contributed by atoms with E-state index in [-0.39, 0.29) is 21.5 Å². The van der Waals surface area contributed by atoms with Crippen LogP contribution in [0.2, 0.25) is 5.02 Å². The van der Waals surface area contributed by atoms with Gasteiger partial charge < -0.3 is 10.2 Å². The van der Waals surface area contributed by atoms with Crippen LogP contribution in [0, 0.1) is 5.82 Å². The third kappa shape index (κ3) is 6.17. The number of nitrogens with one attached hydrogen (secondary N) is 2. The molecule has 0 aromatic heterocycles. The first-order valence-electron chi connectivity index (χ1n) is 9.94. The summed E-state index contributed by atoms with van der Waals surface area (Å²) in [6, 6.07) is 9.29. The summed E-state index contributed by atoms with van der Waals surface area (Å²) in [6.45, 7) is 3.84. The standard InChI is InChI=1S/C21H25ClFN3O3S/c22-19-15-18(9-10-20(19)23)30(28,29)25-17-7-5-16(6-8-17)21(27)24-11-4-14-26-12-2-1-3-13-26/h5-10,15,25H,1-4,11-14H2,(H,24,27). The normalized spacial score (nSPS) is 15.0. The number of rotatable bonds is 8. The average molecular weight is 454 g/mol. The topological polar surface area (TPSA) is 78.5 Å². The Balaban J connectivity index is 1.51. The molecule has 1 amide bonds. The quantitative estimate of drug-likeness (QED) is 0.594. The minimum Gasteiger partial charge on any atom is -0.352 e. The molecule has 0 unspecified atom stereocenters. The van der Waals surface area contributed by atoms with Crippen molar-refractivity contribution in [3.05, 3.63) is 58.9 Å². The average Bonchev–Trinajstić information content (AvgIpc) is 2.74. The van der Waals surface area contributed by atoms with Gasteiger partial charge in [-0.05, 0) is 81.4 Å². The van der Waals surface area contributed by atoms with Gasteiger partial charge in [0.1, 0.15) is 5.82 Å². The first kappa shape index (κ1) is 22.5. The smallest absolute Gasteiger partial charge is 0.261 e. The fraction of sp³-hybridized carbons (Fsp3) is 0.381. The van der Waals surface area contributed by atoms with Crippen LogP contribution < -0.4 is 10.0 Å². The lowest BCUT2D eigenvalue weighted by atomic mass is 10.1. The molecule has 2 aromatic carbocycles. The van der Waals surface area contributed by atoms with Crippen molar-refractivity contribution < 1.29 is 17.6 Å². The number of carbonyl (C=O) groups excluding carboxylic acids is 1. The van der Waals surface area contributed by atoms with Crippen molar-refractivity contribution in [3.8, 4) is 0 Å². The van der Waals surface area contributed by atoms with Crippen LogP contribution in [0.1, 0.15) is 36.0 Å². The number of carbonyl (C=O) groups is 1. The molecule has 1 saturated heterocycles. The molecular formula is C21H25ClFN3O3S. The molecule has 162 valence electrons. The Hall–Kier alpha value is -2.16. The maximum atomic E-state index is 13.3. The number of likely N-dealkylation sites (tertiary alicyclic amines) is 1. The molecule has 0 radical (unpaired) electrons. The van der Waals surface area contributed by atoms with E-state index in [1.165, 1.54) is 31.4 Å². The highest BCUT2D eigenvalue weighted by Gasteiger charge is 2.16. The molecule has 6 nitrogen and oxygen atoms in total. The van der Waals surface area contributed by atoms with Crippen molar-refractivity contribution >= 4 is 33.2 Å². The fourth-order valence-corrected chi connectivity index (χ4v) is 4.67. The van der Waals surface area contributed by atoms with Crippen molar-refractivity contribution in [3.63, 3.8) is 0 Å². The molecule has 1 aliphatic heterocycles. The van der Waals surface area contributed by atoms with Crippen molar-refractivity contribution in [2.45, 2.75) is 30.6 Å². The van der Waals surface area contributed by atoms with E-state index in [4.69, 9.17) is 11.6 Å². The van der Waals surface area contributed by atoms with E-state index in [2.05, 4.69) is 14.9 Å². The van der Waals surface area contributed by atoms with Crippen LogP contribution in [0.15, 0.2) is 47.4 Å². The van der Waals surface area contributed by atoms with Gasteiger partial charge in [-0.25, -0.2) is 12.8 Å². The van der Waals surface area contributed by atoms with Gasteiger partial charge in [-0.3, -0.25) is 9.52 Å². The Labute approximate surface area is 181 Å². The molecule has 1 aliphatic rings. The number of sulfonamides is 1. The van der Waals surface area contributed by atoms with Gasteiger partial charge in [0, 0.05) is 17.8 Å². The van der Waals surface area contributed by atoms with Gasteiger partial charge >= 0.3 is 0 Å². The fourth-order valence-electron chi connectivity index (χ4n) is 3.34. The Morgan fingerprint density at radius 3 is 2.43 bits per heavy atom. The first-order valence-corrected chi connectivity index (χ1v) is 11.8. The van der Waals surface area contributed by atoms with Crippen LogP contribution >= 0.6 is 11.6 Å². The summed E-state index contributed by atoms with van der Waals surface area (Å²) in [4.78, 5) is 14.5. The minimum absolute atomic E-state index is 0.149. The second kappa shape index (κ2) is 10.2. The SMILES string of the molecule is O=C(NCCCN1CCCCC1)c1ccc(NS(=O)(=O)c2ccc(F)c(Cl)c2)cc1. The van der Waals surface area contributed by atoms with Crippen LogP contribution in [0.25, 0.3) is 0 Å². The van der Waals surface area contributed by atoms with E-state index < -0.39 is 15.8 Å². The molecule has 2 aromatic rings. The molecule has 3 rings (SSSR count). The maximum Gasteiger partial charge on any atom is 0.261 e. The number of amides is 1. The Bertz CT molecular complexity index is 977. The number of halogens is 2. The van der Waals surface area contributed by atoms with Gasteiger partial charge in [-0.2, -0.15) is 0 Å². The Morgan fingerprint density at radius 1 is 1.07 bits per heavy atom.